The van der Waals surface area contributed by atoms with Gasteiger partial charge in [0.1, 0.15) is 5.76 Å². The Kier molecular flexibility index (Phi) is 2.40. The molecule has 2 atom stereocenters. The summed E-state index contributed by atoms with van der Waals surface area (Å²) in [5, 5.41) is 3.55. The SMILES string of the molecule is CC(NC(C)C1CC1)c1ccco1. The molecule has 1 aromatic heterocycles. The van der Waals surface area contributed by atoms with Gasteiger partial charge in [0.25, 0.3) is 0 Å². The summed E-state index contributed by atoms with van der Waals surface area (Å²) < 4.78 is 5.33. The fourth-order valence-corrected chi connectivity index (χ4v) is 1.75. The lowest BCUT2D eigenvalue weighted by molar-refractivity contribution is 0.380. The van der Waals surface area contributed by atoms with Gasteiger partial charge >= 0.3 is 0 Å². The first-order valence-corrected chi connectivity index (χ1v) is 5.07. The summed E-state index contributed by atoms with van der Waals surface area (Å²) in [7, 11) is 0. The number of furan rings is 1. The van der Waals surface area contributed by atoms with Crippen molar-refractivity contribution in [3.8, 4) is 0 Å². The topological polar surface area (TPSA) is 25.2 Å². The highest BCUT2D eigenvalue weighted by atomic mass is 16.3. The molecule has 0 amide bonds. The number of rotatable bonds is 4. The van der Waals surface area contributed by atoms with Gasteiger partial charge in [0.05, 0.1) is 12.3 Å². The molecule has 2 nitrogen and oxygen atoms in total. The van der Waals surface area contributed by atoms with E-state index in [0.717, 1.165) is 11.7 Å². The van der Waals surface area contributed by atoms with Crippen LogP contribution in [0.5, 0.6) is 0 Å². The Labute approximate surface area is 79.3 Å². The van der Waals surface area contributed by atoms with Crippen LogP contribution in [0.1, 0.15) is 38.5 Å². The van der Waals surface area contributed by atoms with Gasteiger partial charge in [-0.2, -0.15) is 0 Å². The Balaban J connectivity index is 1.87. The molecule has 0 spiro atoms. The van der Waals surface area contributed by atoms with Crippen LogP contribution in [0.4, 0.5) is 0 Å². The number of nitrogens with one attached hydrogen (secondary N) is 1. The van der Waals surface area contributed by atoms with Gasteiger partial charge in [-0.15, -0.1) is 0 Å². The van der Waals surface area contributed by atoms with Crippen LogP contribution in [0.15, 0.2) is 22.8 Å². The second-order valence-electron chi connectivity index (χ2n) is 4.03. The lowest BCUT2D eigenvalue weighted by atomic mass is 10.1. The third-order valence-corrected chi connectivity index (χ3v) is 2.81. The second-order valence-corrected chi connectivity index (χ2v) is 4.03. The van der Waals surface area contributed by atoms with Gasteiger partial charge < -0.3 is 9.73 Å². The fourth-order valence-electron chi connectivity index (χ4n) is 1.75. The molecule has 0 saturated heterocycles. The lowest BCUT2D eigenvalue weighted by Crippen LogP contribution is -2.30. The molecule has 1 fully saturated rings. The first kappa shape index (κ1) is 8.82. The van der Waals surface area contributed by atoms with Crippen molar-refractivity contribution in [1.29, 1.82) is 0 Å². The van der Waals surface area contributed by atoms with E-state index in [0.29, 0.717) is 12.1 Å². The lowest BCUT2D eigenvalue weighted by Gasteiger charge is -2.17. The predicted octanol–water partition coefficient (Wildman–Crippen LogP) is 2.73. The zero-order chi connectivity index (χ0) is 9.26. The minimum absolute atomic E-state index is 0.339. The molecule has 0 aromatic carbocycles. The standard InChI is InChI=1S/C11H17NO/c1-8(10-5-6-10)12-9(2)11-4-3-7-13-11/h3-4,7-10,12H,5-6H2,1-2H3. The highest BCUT2D eigenvalue weighted by Crippen LogP contribution is 2.33. The first-order chi connectivity index (χ1) is 6.27. The minimum Gasteiger partial charge on any atom is -0.468 e. The van der Waals surface area contributed by atoms with E-state index in [4.69, 9.17) is 4.42 Å². The molecular formula is C11H17NO. The van der Waals surface area contributed by atoms with E-state index in [2.05, 4.69) is 19.2 Å². The van der Waals surface area contributed by atoms with Crippen molar-refractivity contribution < 1.29 is 4.42 Å². The summed E-state index contributed by atoms with van der Waals surface area (Å²) >= 11 is 0. The van der Waals surface area contributed by atoms with E-state index in [9.17, 15) is 0 Å². The molecule has 2 unspecified atom stereocenters. The molecule has 1 N–H and O–H groups in total. The van der Waals surface area contributed by atoms with Crippen LogP contribution in [0.25, 0.3) is 0 Å². The smallest absolute Gasteiger partial charge is 0.120 e. The highest BCUT2D eigenvalue weighted by molar-refractivity contribution is 5.03. The Bertz CT molecular complexity index is 251. The highest BCUT2D eigenvalue weighted by Gasteiger charge is 2.28. The van der Waals surface area contributed by atoms with E-state index in [-0.39, 0.29) is 0 Å². The summed E-state index contributed by atoms with van der Waals surface area (Å²) in [5.74, 6) is 1.94. The molecule has 2 heteroatoms. The van der Waals surface area contributed by atoms with Gasteiger partial charge in [-0.25, -0.2) is 0 Å². The van der Waals surface area contributed by atoms with Gasteiger partial charge in [0.15, 0.2) is 0 Å². The molecule has 0 radical (unpaired) electrons. The van der Waals surface area contributed by atoms with Crippen molar-refractivity contribution >= 4 is 0 Å². The second kappa shape index (κ2) is 3.54. The molecule has 2 rings (SSSR count). The quantitative estimate of drug-likeness (QED) is 0.768. The maximum Gasteiger partial charge on any atom is 0.120 e. The zero-order valence-electron chi connectivity index (χ0n) is 8.29. The maximum absolute atomic E-state index is 5.33. The van der Waals surface area contributed by atoms with Crippen LogP contribution in [-0.2, 0) is 0 Å². The van der Waals surface area contributed by atoms with Crippen LogP contribution in [0.3, 0.4) is 0 Å². The summed E-state index contributed by atoms with van der Waals surface area (Å²) in [6, 6.07) is 4.93. The number of hydrogen-bond donors (Lipinski definition) is 1. The average molecular weight is 179 g/mol. The van der Waals surface area contributed by atoms with Crippen LogP contribution in [-0.4, -0.2) is 6.04 Å². The fraction of sp³-hybridized carbons (Fsp3) is 0.636. The number of hydrogen-bond acceptors (Lipinski definition) is 2. The van der Waals surface area contributed by atoms with E-state index >= 15 is 0 Å². The third-order valence-electron chi connectivity index (χ3n) is 2.81. The van der Waals surface area contributed by atoms with Crippen molar-refractivity contribution in [1.82, 2.24) is 5.32 Å². The van der Waals surface area contributed by atoms with Gasteiger partial charge in [-0.3, -0.25) is 0 Å². The summed E-state index contributed by atoms with van der Waals surface area (Å²) in [6.07, 6.45) is 4.51. The molecule has 1 aliphatic carbocycles. The van der Waals surface area contributed by atoms with Crippen LogP contribution < -0.4 is 5.32 Å². The van der Waals surface area contributed by atoms with Crippen molar-refractivity contribution in [2.45, 2.75) is 38.8 Å². The van der Waals surface area contributed by atoms with Crippen molar-refractivity contribution in [2.24, 2.45) is 5.92 Å². The monoisotopic (exact) mass is 179 g/mol. The molecule has 1 aliphatic rings. The minimum atomic E-state index is 0.339. The summed E-state index contributed by atoms with van der Waals surface area (Å²) in [5.41, 5.74) is 0. The van der Waals surface area contributed by atoms with Gasteiger partial charge in [-0.1, -0.05) is 0 Å². The zero-order valence-corrected chi connectivity index (χ0v) is 8.29. The molecule has 72 valence electrons. The molecule has 0 bridgehead atoms. The van der Waals surface area contributed by atoms with Crippen LogP contribution in [0, 0.1) is 5.92 Å². The third kappa shape index (κ3) is 2.13. The molecule has 1 saturated carbocycles. The molecule has 0 aliphatic heterocycles. The van der Waals surface area contributed by atoms with Crippen molar-refractivity contribution in [3.63, 3.8) is 0 Å². The Morgan fingerprint density at radius 1 is 1.46 bits per heavy atom. The molecular weight excluding hydrogens is 162 g/mol. The van der Waals surface area contributed by atoms with Gasteiger partial charge in [-0.05, 0) is 44.7 Å². The van der Waals surface area contributed by atoms with Crippen LogP contribution >= 0.6 is 0 Å². The summed E-state index contributed by atoms with van der Waals surface area (Å²) in [6.45, 7) is 4.41. The summed E-state index contributed by atoms with van der Waals surface area (Å²) in [4.78, 5) is 0. The maximum atomic E-state index is 5.33. The van der Waals surface area contributed by atoms with E-state index < -0.39 is 0 Å². The average Bonchev–Trinajstić information content (AvgIpc) is 2.81. The van der Waals surface area contributed by atoms with Gasteiger partial charge in [0.2, 0.25) is 0 Å². The molecule has 1 heterocycles. The Hall–Kier alpha value is -0.760. The van der Waals surface area contributed by atoms with E-state index in [1.165, 1.54) is 12.8 Å². The normalized spacial score (nSPS) is 21.4. The van der Waals surface area contributed by atoms with Crippen molar-refractivity contribution in [3.05, 3.63) is 24.2 Å². The largest absolute Gasteiger partial charge is 0.468 e. The molecule has 1 aromatic rings. The predicted molar refractivity (Wildman–Crippen MR) is 52.4 cm³/mol. The van der Waals surface area contributed by atoms with Gasteiger partial charge in [0, 0.05) is 6.04 Å². The first-order valence-electron chi connectivity index (χ1n) is 5.07. The Morgan fingerprint density at radius 2 is 2.23 bits per heavy atom. The van der Waals surface area contributed by atoms with Crippen LogP contribution in [0.2, 0.25) is 0 Å². The molecule has 13 heavy (non-hydrogen) atoms. The van der Waals surface area contributed by atoms with E-state index in [1.54, 1.807) is 6.26 Å². The van der Waals surface area contributed by atoms with E-state index in [1.807, 2.05) is 12.1 Å². The van der Waals surface area contributed by atoms with Crippen molar-refractivity contribution in [2.75, 3.05) is 0 Å². The Morgan fingerprint density at radius 3 is 2.77 bits per heavy atom.